The van der Waals surface area contributed by atoms with Crippen LogP contribution >= 0.6 is 0 Å². The van der Waals surface area contributed by atoms with Gasteiger partial charge in [-0.15, -0.1) is 48.0 Å². The Kier molecular flexibility index (Phi) is 15.5. The number of aromatic hydroxyl groups is 1. The molecule has 0 aliphatic carbocycles. The molecule has 0 fully saturated rings. The number of fused-ring (bicyclic) bond motifs is 2. The summed E-state index contributed by atoms with van der Waals surface area (Å²) in [5.41, 5.74) is 18.2. The van der Waals surface area contributed by atoms with E-state index >= 15 is 0 Å². The minimum absolute atomic E-state index is 0. The second kappa shape index (κ2) is 23.1. The number of phenolic OH excluding ortho intramolecular Hbond substituents is 1. The van der Waals surface area contributed by atoms with Crippen LogP contribution in [-0.2, 0) is 20.1 Å². The summed E-state index contributed by atoms with van der Waals surface area (Å²) in [7, 11) is 0. The number of benzene rings is 9. The third-order valence-electron chi connectivity index (χ3n) is 13.9. The number of para-hydroxylation sites is 1. The molecule has 0 aliphatic rings. The molecule has 1 radical (unpaired) electrons. The van der Waals surface area contributed by atoms with Crippen molar-refractivity contribution in [3.63, 3.8) is 0 Å². The van der Waals surface area contributed by atoms with Crippen LogP contribution in [0, 0.1) is 17.9 Å². The van der Waals surface area contributed by atoms with Crippen molar-refractivity contribution >= 4 is 21.5 Å². The van der Waals surface area contributed by atoms with E-state index < -0.39 is 0 Å². The van der Waals surface area contributed by atoms with Crippen LogP contribution in [0.2, 0.25) is 0 Å². The molecule has 6 heteroatoms. The Labute approximate surface area is 464 Å². The molecule has 0 saturated heterocycles. The number of hydrogen-bond acceptors (Lipinski definition) is 4. The maximum Gasteiger partial charge on any atom is 0.124 e. The van der Waals surface area contributed by atoms with Crippen LogP contribution in [0.25, 0.3) is 111 Å². The van der Waals surface area contributed by atoms with Crippen LogP contribution in [-0.4, -0.2) is 20.1 Å². The van der Waals surface area contributed by atoms with E-state index in [4.69, 9.17) is 15.0 Å². The number of halogens is 1. The Hall–Kier alpha value is -8.67. The molecule has 9 aromatic carbocycles. The summed E-state index contributed by atoms with van der Waals surface area (Å²) in [6, 6.07) is 82.0. The summed E-state index contributed by atoms with van der Waals surface area (Å²) in [6.45, 7) is 8.88. The zero-order chi connectivity index (χ0) is 52.1. The van der Waals surface area contributed by atoms with Gasteiger partial charge in [0, 0.05) is 55.3 Å². The first-order valence-corrected chi connectivity index (χ1v) is 25.8. The molecule has 0 saturated carbocycles. The molecular formula is C71H54FIrN3O-2. The summed E-state index contributed by atoms with van der Waals surface area (Å²) in [5.74, 6) is 0.368. The Balaban J connectivity index is 0.000000172. The van der Waals surface area contributed by atoms with Gasteiger partial charge in [0.2, 0.25) is 0 Å². The Bertz CT molecular complexity index is 3870. The van der Waals surface area contributed by atoms with Gasteiger partial charge < -0.3 is 5.11 Å². The fraction of sp³-hybridized carbons (Fsp3) is 0.0845. The first-order valence-electron chi connectivity index (χ1n) is 25.8. The van der Waals surface area contributed by atoms with Gasteiger partial charge in [-0.1, -0.05) is 208 Å². The molecule has 0 spiro atoms. The summed E-state index contributed by atoms with van der Waals surface area (Å²) in [6.07, 6.45) is 3.76. The van der Waals surface area contributed by atoms with Gasteiger partial charge in [-0.05, 0) is 119 Å². The fourth-order valence-corrected chi connectivity index (χ4v) is 10.1. The molecule has 0 aliphatic heterocycles. The molecule has 377 valence electrons. The third-order valence-corrected chi connectivity index (χ3v) is 13.9. The van der Waals surface area contributed by atoms with E-state index in [0.29, 0.717) is 22.5 Å². The van der Waals surface area contributed by atoms with Gasteiger partial charge in [0.1, 0.15) is 5.75 Å². The zero-order valence-corrected chi connectivity index (χ0v) is 45.6. The molecule has 3 aromatic heterocycles. The first-order chi connectivity index (χ1) is 37.1. The van der Waals surface area contributed by atoms with Crippen LogP contribution in [0.5, 0.6) is 5.75 Å². The van der Waals surface area contributed by atoms with Crippen molar-refractivity contribution in [1.29, 1.82) is 0 Å². The Morgan fingerprint density at radius 2 is 0.896 bits per heavy atom. The van der Waals surface area contributed by atoms with Crippen molar-refractivity contribution in [2.75, 3.05) is 0 Å². The van der Waals surface area contributed by atoms with Gasteiger partial charge in [-0.3, -0.25) is 19.3 Å². The fourth-order valence-electron chi connectivity index (χ4n) is 10.1. The van der Waals surface area contributed by atoms with Gasteiger partial charge in [-0.2, -0.15) is 0 Å². The van der Waals surface area contributed by atoms with Crippen LogP contribution in [0.1, 0.15) is 50.7 Å². The van der Waals surface area contributed by atoms with Gasteiger partial charge in [0.15, 0.2) is 0 Å². The average molecular weight is 1180 g/mol. The molecule has 0 amide bonds. The zero-order valence-electron chi connectivity index (χ0n) is 43.2. The van der Waals surface area contributed by atoms with E-state index in [9.17, 15) is 9.50 Å². The number of pyridine rings is 3. The monoisotopic (exact) mass is 1180 g/mol. The molecule has 1 N–H and O–H groups in total. The van der Waals surface area contributed by atoms with Crippen molar-refractivity contribution in [1.82, 2.24) is 15.0 Å². The van der Waals surface area contributed by atoms with E-state index in [1.54, 1.807) is 18.2 Å². The SMILES string of the molecule is CC(C)c1cc(-c2ccccc2)cc(C(C)C)c1-c1cc(-c2[c-]cc(F)cc2)nc(-c2ccccc2O)c1.[Ir].[c-]1c(-c2nccc3ccccc23)cc(-c2ccc(-c3ccccc3)cc2)cc1-c1nccc2ccccc12. The number of nitrogens with zero attached hydrogens (tertiary/aromatic N) is 3. The van der Waals surface area contributed by atoms with Gasteiger partial charge in [-0.25, -0.2) is 0 Å². The predicted molar refractivity (Wildman–Crippen MR) is 312 cm³/mol. The van der Waals surface area contributed by atoms with E-state index in [2.05, 4.69) is 210 Å². The van der Waals surface area contributed by atoms with Crippen LogP contribution in [0.3, 0.4) is 0 Å². The molecule has 77 heavy (non-hydrogen) atoms. The smallest absolute Gasteiger partial charge is 0.124 e. The third kappa shape index (κ3) is 11.2. The second-order valence-corrected chi connectivity index (χ2v) is 19.7. The Morgan fingerprint density at radius 1 is 0.429 bits per heavy atom. The summed E-state index contributed by atoms with van der Waals surface area (Å²) in [4.78, 5) is 14.5. The number of phenols is 1. The average Bonchev–Trinajstić information content (AvgIpc) is 3.47. The summed E-state index contributed by atoms with van der Waals surface area (Å²) >= 11 is 0. The minimum Gasteiger partial charge on any atom is -0.507 e. The topological polar surface area (TPSA) is 58.9 Å². The first kappa shape index (κ1) is 51.8. The minimum atomic E-state index is -0.341. The standard InChI is InChI=1S/C36H23N2.C35H31FNO.Ir/c1-2-8-25(9-3-1)26-14-16-27(17-15-26)30-22-31(35-33-12-6-4-10-28(33)18-20-37-35)24-32(23-30)36-34-13-7-5-11-29(34)19-21-38-36;1-22(2)30-18-26(24-10-6-5-7-11-24)19-31(23(3)4)35(30)27-20-32(25-14-16-28(36)17-15-25)37-33(21-27)29-12-8-9-13-34(29)38;/h1-23H;5-14,16-23,38H,1-4H3;/q2*-1;. The van der Waals surface area contributed by atoms with Gasteiger partial charge in [0.05, 0.1) is 5.69 Å². The molecule has 0 bridgehead atoms. The molecule has 3 heterocycles. The van der Waals surface area contributed by atoms with Crippen molar-refractivity contribution in [3.8, 4) is 95.3 Å². The van der Waals surface area contributed by atoms with E-state index in [-0.39, 0.29) is 43.5 Å². The van der Waals surface area contributed by atoms with Crippen molar-refractivity contribution < 1.29 is 29.6 Å². The number of hydrogen-bond donors (Lipinski definition) is 1. The van der Waals surface area contributed by atoms with Crippen LogP contribution in [0.15, 0.2) is 237 Å². The van der Waals surface area contributed by atoms with Gasteiger partial charge in [0.25, 0.3) is 0 Å². The maximum absolute atomic E-state index is 13.7. The quantitative estimate of drug-likeness (QED) is 0.139. The second-order valence-electron chi connectivity index (χ2n) is 19.7. The number of aromatic nitrogens is 3. The molecule has 0 unspecified atom stereocenters. The van der Waals surface area contributed by atoms with Gasteiger partial charge >= 0.3 is 0 Å². The van der Waals surface area contributed by atoms with Crippen molar-refractivity contribution in [3.05, 3.63) is 266 Å². The molecular weight excluding hydrogens is 1120 g/mol. The summed E-state index contributed by atoms with van der Waals surface area (Å²) in [5, 5.41) is 15.2. The Morgan fingerprint density at radius 3 is 1.43 bits per heavy atom. The van der Waals surface area contributed by atoms with Crippen LogP contribution < -0.4 is 0 Å². The van der Waals surface area contributed by atoms with E-state index in [1.165, 1.54) is 51.1 Å². The van der Waals surface area contributed by atoms with Crippen molar-refractivity contribution in [2.45, 2.75) is 39.5 Å². The van der Waals surface area contributed by atoms with Crippen LogP contribution in [0.4, 0.5) is 4.39 Å². The molecule has 0 atom stereocenters. The molecule has 12 aromatic rings. The van der Waals surface area contributed by atoms with E-state index in [0.717, 1.165) is 60.8 Å². The molecule has 4 nitrogen and oxygen atoms in total. The van der Waals surface area contributed by atoms with Crippen molar-refractivity contribution in [2.24, 2.45) is 0 Å². The number of rotatable bonds is 10. The molecule has 12 rings (SSSR count). The largest absolute Gasteiger partial charge is 0.507 e. The summed E-state index contributed by atoms with van der Waals surface area (Å²) < 4.78 is 13.7. The maximum atomic E-state index is 13.7. The van der Waals surface area contributed by atoms with E-state index in [1.807, 2.05) is 36.7 Å². The normalized spacial score (nSPS) is 11.1. The predicted octanol–water partition coefficient (Wildman–Crippen LogP) is 18.9.